The molecule has 0 aliphatic carbocycles. The lowest BCUT2D eigenvalue weighted by molar-refractivity contribution is -0.136. The molecule has 12 heteroatoms. The van der Waals surface area contributed by atoms with Gasteiger partial charge in [0, 0.05) is 60.5 Å². The lowest BCUT2D eigenvalue weighted by atomic mass is 10.0. The predicted molar refractivity (Wildman–Crippen MR) is 201 cm³/mol. The van der Waals surface area contributed by atoms with Gasteiger partial charge < -0.3 is 23.4 Å². The first kappa shape index (κ1) is 38.0. The van der Waals surface area contributed by atoms with Crippen molar-refractivity contribution >= 4 is 45.5 Å². The molecule has 2 aromatic carbocycles. The number of hydrogen-bond donors (Lipinski definition) is 0. The number of anilines is 2. The van der Waals surface area contributed by atoms with Gasteiger partial charge in [-0.15, -0.1) is 0 Å². The van der Waals surface area contributed by atoms with E-state index in [0.717, 1.165) is 41.9 Å². The summed E-state index contributed by atoms with van der Waals surface area (Å²) in [5.41, 5.74) is -1.16. The average molecular weight is 723 g/mol. The van der Waals surface area contributed by atoms with Crippen LogP contribution in [0.25, 0.3) is 38.9 Å². The molecule has 5 rings (SSSR count). The molecule has 2 aromatic heterocycles. The number of hydrogen-bond acceptors (Lipinski definition) is 8. The number of alkyl halides is 3. The third-order valence-electron chi connectivity index (χ3n) is 9.01. The van der Waals surface area contributed by atoms with E-state index in [1.165, 1.54) is 36.4 Å². The normalized spacial score (nSPS) is 14.2. The lowest BCUT2D eigenvalue weighted by Crippen LogP contribution is -2.22. The van der Waals surface area contributed by atoms with Crippen molar-refractivity contribution in [2.45, 2.75) is 47.2 Å². The van der Waals surface area contributed by atoms with E-state index in [-0.39, 0.29) is 39.3 Å². The second-order valence-corrected chi connectivity index (χ2v) is 11.9. The van der Waals surface area contributed by atoms with Crippen LogP contribution in [0.5, 0.6) is 0 Å². The molecule has 53 heavy (non-hydrogen) atoms. The molecule has 272 valence electrons. The number of nitriles is 1. The van der Waals surface area contributed by atoms with Gasteiger partial charge in [-0.25, -0.2) is 19.7 Å². The highest BCUT2D eigenvalue weighted by atomic mass is 19.4. The summed E-state index contributed by atoms with van der Waals surface area (Å²) in [7, 11) is 0. The minimum atomic E-state index is -4.92. The van der Waals surface area contributed by atoms with Crippen LogP contribution < -0.4 is 21.1 Å². The molecule has 9 nitrogen and oxygen atoms in total. The minimum absolute atomic E-state index is 0.0718. The number of aryl methyl sites for hydroxylation is 1. The van der Waals surface area contributed by atoms with Crippen molar-refractivity contribution in [1.29, 1.82) is 5.26 Å². The van der Waals surface area contributed by atoms with Gasteiger partial charge in [-0.1, -0.05) is 6.92 Å². The molecule has 1 aliphatic rings. The van der Waals surface area contributed by atoms with E-state index in [1.54, 1.807) is 12.1 Å². The van der Waals surface area contributed by atoms with Crippen LogP contribution in [0.1, 0.15) is 56.9 Å². The Kier molecular flexibility index (Phi) is 11.4. The Hall–Kier alpha value is -6.27. The molecule has 0 fully saturated rings. The van der Waals surface area contributed by atoms with E-state index in [2.05, 4.69) is 9.74 Å². The van der Waals surface area contributed by atoms with Gasteiger partial charge in [0.2, 0.25) is 0 Å². The first-order valence-corrected chi connectivity index (χ1v) is 17.2. The SMILES string of the molecule is [C-]#[N+]/C(C#N)=C1C=C(/C=C/c2c(CC)c3ccc(N(CC)CC)cc3oc2=O)OC(/C=C/c2c(C(F)(F)F)c3ccc(N(CC)CC)cc3oc2=O)=C/1. The van der Waals surface area contributed by atoms with Crippen LogP contribution in [-0.2, 0) is 17.3 Å². The molecule has 0 bridgehead atoms. The topological polar surface area (TPSA) is 104 Å². The molecule has 0 radical (unpaired) electrons. The molecule has 0 N–H and O–H groups in total. The van der Waals surface area contributed by atoms with Crippen LogP contribution >= 0.6 is 0 Å². The number of benzene rings is 2. The quantitative estimate of drug-likeness (QED) is 0.0857. The molecule has 0 saturated heterocycles. The highest BCUT2D eigenvalue weighted by molar-refractivity contribution is 5.88. The molecular formula is C41H37F3N4O5. The summed E-state index contributed by atoms with van der Waals surface area (Å²) in [6.07, 6.45) is 3.27. The van der Waals surface area contributed by atoms with Crippen LogP contribution in [0.15, 0.2) is 102 Å². The molecule has 0 spiro atoms. The monoisotopic (exact) mass is 722 g/mol. The van der Waals surface area contributed by atoms with Crippen molar-refractivity contribution in [2.24, 2.45) is 0 Å². The van der Waals surface area contributed by atoms with Crippen molar-refractivity contribution in [3.05, 3.63) is 138 Å². The highest BCUT2D eigenvalue weighted by Crippen LogP contribution is 2.38. The van der Waals surface area contributed by atoms with Crippen molar-refractivity contribution in [3.8, 4) is 6.07 Å². The van der Waals surface area contributed by atoms with E-state index in [1.807, 2.05) is 57.7 Å². The number of allylic oxidation sites excluding steroid dienone is 6. The van der Waals surface area contributed by atoms with Crippen molar-refractivity contribution < 1.29 is 26.7 Å². The number of nitrogens with zero attached hydrogens (tertiary/aromatic N) is 4. The summed E-state index contributed by atoms with van der Waals surface area (Å²) in [5.74, 6) is -0.00394. The Morgan fingerprint density at radius 1 is 0.792 bits per heavy atom. The van der Waals surface area contributed by atoms with Crippen LogP contribution in [0.3, 0.4) is 0 Å². The van der Waals surface area contributed by atoms with E-state index >= 15 is 0 Å². The van der Waals surface area contributed by atoms with Gasteiger partial charge in [0.1, 0.15) is 22.7 Å². The van der Waals surface area contributed by atoms with Crippen molar-refractivity contribution in [2.75, 3.05) is 36.0 Å². The van der Waals surface area contributed by atoms with Gasteiger partial charge in [0.05, 0.1) is 29.3 Å². The summed E-state index contributed by atoms with van der Waals surface area (Å²) >= 11 is 0. The summed E-state index contributed by atoms with van der Waals surface area (Å²) in [6, 6.07) is 11.7. The van der Waals surface area contributed by atoms with Crippen molar-refractivity contribution in [1.82, 2.24) is 0 Å². The molecule has 4 aromatic rings. The zero-order valence-electron chi connectivity index (χ0n) is 29.9. The highest BCUT2D eigenvalue weighted by Gasteiger charge is 2.37. The maximum atomic E-state index is 14.6. The van der Waals surface area contributed by atoms with Crippen LogP contribution in [-0.4, -0.2) is 26.2 Å². The van der Waals surface area contributed by atoms with Gasteiger partial charge in [0.15, 0.2) is 0 Å². The number of ether oxygens (including phenoxy) is 1. The second kappa shape index (κ2) is 16.0. The molecular weight excluding hydrogens is 685 g/mol. The van der Waals surface area contributed by atoms with E-state index < -0.39 is 28.6 Å². The number of rotatable bonds is 11. The average Bonchev–Trinajstić information content (AvgIpc) is 3.13. The lowest BCUT2D eigenvalue weighted by Gasteiger charge is -2.21. The predicted octanol–water partition coefficient (Wildman–Crippen LogP) is 9.39. The van der Waals surface area contributed by atoms with Gasteiger partial charge in [-0.05, 0) is 106 Å². The van der Waals surface area contributed by atoms with E-state index in [9.17, 15) is 28.0 Å². The first-order valence-electron chi connectivity index (χ1n) is 17.2. The Balaban J connectivity index is 1.56. The molecule has 3 heterocycles. The molecule has 0 amide bonds. The summed E-state index contributed by atoms with van der Waals surface area (Å²) in [6.45, 7) is 20.0. The fourth-order valence-corrected chi connectivity index (χ4v) is 6.38. The molecule has 1 aliphatic heterocycles. The van der Waals surface area contributed by atoms with Crippen LogP contribution in [0, 0.1) is 17.9 Å². The van der Waals surface area contributed by atoms with Crippen LogP contribution in [0.4, 0.5) is 24.5 Å². The Labute approximate surface area is 304 Å². The fraction of sp³-hybridized carbons (Fsp3) is 0.268. The summed E-state index contributed by atoms with van der Waals surface area (Å²) in [4.78, 5) is 33.7. The number of halogens is 3. The number of fused-ring (bicyclic) bond motifs is 2. The minimum Gasteiger partial charge on any atom is -0.457 e. The summed E-state index contributed by atoms with van der Waals surface area (Å²) in [5, 5.41) is 10.1. The Morgan fingerprint density at radius 3 is 1.75 bits per heavy atom. The summed E-state index contributed by atoms with van der Waals surface area (Å²) < 4.78 is 60.8. The zero-order valence-corrected chi connectivity index (χ0v) is 29.9. The van der Waals surface area contributed by atoms with E-state index in [4.69, 9.17) is 20.1 Å². The zero-order chi connectivity index (χ0) is 38.4. The van der Waals surface area contributed by atoms with E-state index in [0.29, 0.717) is 30.8 Å². The molecule has 0 saturated carbocycles. The first-order chi connectivity index (χ1) is 25.4. The fourth-order valence-electron chi connectivity index (χ4n) is 6.38. The standard InChI is InChI=1S/C41H37F3N4O5/c1-7-30-31-16-12-26(47(8-2)9-3)22-36(31)52-39(49)32(30)18-14-28-20-25(35(24-45)46-6)21-29(51-28)15-19-34-38(41(42,43)44)33-17-13-27(48(10-4)11-5)23-37(33)53-40(34)50/h12-23H,7-11H2,1-5H3/b18-14+,19-15+,35-25-. The third kappa shape index (κ3) is 7.82. The maximum Gasteiger partial charge on any atom is 0.417 e. The third-order valence-corrected chi connectivity index (χ3v) is 9.01. The van der Waals surface area contributed by atoms with Gasteiger partial charge in [-0.3, -0.25) is 0 Å². The van der Waals surface area contributed by atoms with Crippen LogP contribution in [0.2, 0.25) is 0 Å². The van der Waals surface area contributed by atoms with Gasteiger partial charge >= 0.3 is 17.4 Å². The maximum absolute atomic E-state index is 14.6. The van der Waals surface area contributed by atoms with Gasteiger partial charge in [0.25, 0.3) is 5.70 Å². The Morgan fingerprint density at radius 2 is 1.28 bits per heavy atom. The second-order valence-electron chi connectivity index (χ2n) is 11.9. The largest absolute Gasteiger partial charge is 0.457 e. The smallest absolute Gasteiger partial charge is 0.417 e. The van der Waals surface area contributed by atoms with Gasteiger partial charge in [-0.2, -0.15) is 13.2 Å². The van der Waals surface area contributed by atoms with Crippen molar-refractivity contribution in [3.63, 3.8) is 0 Å². The molecule has 0 atom stereocenters. The molecule has 0 unspecified atom stereocenters. The Bertz CT molecular complexity index is 2410.